The second-order valence-corrected chi connectivity index (χ2v) is 7.61. The molecule has 1 saturated heterocycles. The summed E-state index contributed by atoms with van der Waals surface area (Å²) in [5.74, 6) is 0.620. The molecule has 0 radical (unpaired) electrons. The number of nitrogens with zero attached hydrogens (tertiary/aromatic N) is 1. The largest absolute Gasteiger partial charge is 0.463 e. The number of hydrogen-bond acceptors (Lipinski definition) is 4. The molecule has 0 bridgehead atoms. The smallest absolute Gasteiger partial charge is 0.407 e. The van der Waals surface area contributed by atoms with Crippen molar-refractivity contribution in [2.24, 2.45) is 0 Å². The first-order valence-corrected chi connectivity index (χ1v) is 10.5. The zero-order valence-corrected chi connectivity index (χ0v) is 17.3. The number of alkyl carbamates (subject to hydrolysis) is 1. The SMILES string of the molecule is O=C(NC[C@@H](c1ccco1)[NH+]1CCN(c2ccccc2F)CC1)OCc1ccccc1. The lowest BCUT2D eigenvalue weighted by Gasteiger charge is -2.37. The van der Waals surface area contributed by atoms with Gasteiger partial charge in [0, 0.05) is 0 Å². The molecule has 1 aliphatic heterocycles. The monoisotopic (exact) mass is 424 g/mol. The number of halogens is 1. The van der Waals surface area contributed by atoms with Crippen molar-refractivity contribution < 1.29 is 23.2 Å². The summed E-state index contributed by atoms with van der Waals surface area (Å²) in [7, 11) is 0. The van der Waals surface area contributed by atoms with Crippen LogP contribution in [-0.4, -0.2) is 38.8 Å². The first-order chi connectivity index (χ1) is 15.2. The number of nitrogens with one attached hydrogen (secondary N) is 2. The number of rotatable bonds is 7. The highest BCUT2D eigenvalue weighted by atomic mass is 19.1. The number of carbonyl (C=O) groups is 1. The van der Waals surface area contributed by atoms with Gasteiger partial charge in [-0.3, -0.25) is 0 Å². The molecule has 2 aromatic carbocycles. The second kappa shape index (κ2) is 10.1. The van der Waals surface area contributed by atoms with Gasteiger partial charge in [0.1, 0.15) is 12.4 Å². The van der Waals surface area contributed by atoms with E-state index in [0.29, 0.717) is 12.2 Å². The van der Waals surface area contributed by atoms with Gasteiger partial charge in [0.05, 0.1) is 44.7 Å². The predicted octanol–water partition coefficient (Wildman–Crippen LogP) is 2.79. The maximum Gasteiger partial charge on any atom is 0.407 e. The molecular formula is C24H27FN3O3+. The van der Waals surface area contributed by atoms with Crippen LogP contribution in [0, 0.1) is 5.82 Å². The maximum absolute atomic E-state index is 14.1. The Morgan fingerprint density at radius 2 is 1.81 bits per heavy atom. The molecule has 162 valence electrons. The summed E-state index contributed by atoms with van der Waals surface area (Å²) < 4.78 is 25.1. The summed E-state index contributed by atoms with van der Waals surface area (Å²) in [6.45, 7) is 3.70. The topological polar surface area (TPSA) is 59.2 Å². The Labute approximate surface area is 181 Å². The van der Waals surface area contributed by atoms with Crippen molar-refractivity contribution in [3.8, 4) is 0 Å². The summed E-state index contributed by atoms with van der Waals surface area (Å²) in [5.41, 5.74) is 1.58. The molecule has 31 heavy (non-hydrogen) atoms. The fourth-order valence-electron chi connectivity index (χ4n) is 3.99. The third kappa shape index (κ3) is 5.44. The predicted molar refractivity (Wildman–Crippen MR) is 115 cm³/mol. The zero-order valence-electron chi connectivity index (χ0n) is 17.3. The second-order valence-electron chi connectivity index (χ2n) is 7.61. The molecule has 2 N–H and O–H groups in total. The van der Waals surface area contributed by atoms with Gasteiger partial charge in [0.25, 0.3) is 0 Å². The van der Waals surface area contributed by atoms with E-state index in [4.69, 9.17) is 9.15 Å². The normalized spacial score (nSPS) is 15.5. The van der Waals surface area contributed by atoms with E-state index >= 15 is 0 Å². The number of ether oxygens (including phenoxy) is 1. The molecule has 7 heteroatoms. The van der Waals surface area contributed by atoms with Crippen molar-refractivity contribution in [1.29, 1.82) is 0 Å². The molecule has 4 rings (SSSR count). The Morgan fingerprint density at radius 1 is 1.06 bits per heavy atom. The number of quaternary nitrogens is 1. The van der Waals surface area contributed by atoms with Crippen LogP contribution in [0.4, 0.5) is 14.9 Å². The van der Waals surface area contributed by atoms with Gasteiger partial charge in [-0.25, -0.2) is 9.18 Å². The Bertz CT molecular complexity index is 957. The minimum Gasteiger partial charge on any atom is -0.463 e. The molecule has 0 aliphatic carbocycles. The third-order valence-electron chi connectivity index (χ3n) is 5.64. The third-order valence-corrected chi connectivity index (χ3v) is 5.64. The molecule has 2 heterocycles. The van der Waals surface area contributed by atoms with Gasteiger partial charge in [-0.1, -0.05) is 42.5 Å². The summed E-state index contributed by atoms with van der Waals surface area (Å²) in [5, 5.41) is 2.88. The lowest BCUT2D eigenvalue weighted by molar-refractivity contribution is -0.932. The van der Waals surface area contributed by atoms with E-state index in [1.807, 2.05) is 54.6 Å². The van der Waals surface area contributed by atoms with E-state index in [0.717, 1.165) is 37.5 Å². The van der Waals surface area contributed by atoms with Crippen molar-refractivity contribution in [2.75, 3.05) is 37.6 Å². The first kappa shape index (κ1) is 20.9. The lowest BCUT2D eigenvalue weighted by atomic mass is 10.1. The lowest BCUT2D eigenvalue weighted by Crippen LogP contribution is -3.15. The van der Waals surface area contributed by atoms with E-state index in [1.54, 1.807) is 12.3 Å². The number of anilines is 1. The Balaban J connectivity index is 1.33. The van der Waals surface area contributed by atoms with Crippen molar-refractivity contribution in [1.82, 2.24) is 5.32 Å². The average molecular weight is 424 g/mol. The van der Waals surface area contributed by atoms with Crippen molar-refractivity contribution in [2.45, 2.75) is 12.6 Å². The van der Waals surface area contributed by atoms with Gasteiger partial charge >= 0.3 is 6.09 Å². The molecule has 1 aliphatic rings. The van der Waals surface area contributed by atoms with E-state index in [-0.39, 0.29) is 18.5 Å². The van der Waals surface area contributed by atoms with Crippen LogP contribution in [0.25, 0.3) is 0 Å². The van der Waals surface area contributed by atoms with Gasteiger partial charge < -0.3 is 24.3 Å². The molecule has 1 atom stereocenters. The minimum absolute atomic E-state index is 0.0398. The molecule has 0 saturated carbocycles. The maximum atomic E-state index is 14.1. The van der Waals surface area contributed by atoms with E-state index in [9.17, 15) is 9.18 Å². The summed E-state index contributed by atoms with van der Waals surface area (Å²) in [6.07, 6.45) is 1.19. The molecule has 1 amide bonds. The van der Waals surface area contributed by atoms with E-state index in [1.165, 1.54) is 11.0 Å². The fraction of sp³-hybridized carbons (Fsp3) is 0.292. The summed E-state index contributed by atoms with van der Waals surface area (Å²) in [6, 6.07) is 20.2. The van der Waals surface area contributed by atoms with Crippen LogP contribution in [0.3, 0.4) is 0 Å². The standard InChI is InChI=1S/C24H26FN3O3/c25-20-9-4-5-10-21(20)27-12-14-28(15-13-27)22(23-11-6-16-30-23)17-26-24(29)31-18-19-7-2-1-3-8-19/h1-11,16,22H,12-15,17-18H2,(H,26,29)/p+1/t22-/m0/s1. The van der Waals surface area contributed by atoms with Crippen LogP contribution in [0.2, 0.25) is 0 Å². The van der Waals surface area contributed by atoms with E-state index < -0.39 is 6.09 Å². The van der Waals surface area contributed by atoms with Gasteiger partial charge in [0.2, 0.25) is 0 Å². The van der Waals surface area contributed by atoms with E-state index in [2.05, 4.69) is 10.2 Å². The number of piperazine rings is 1. The molecule has 3 aromatic rings. The molecular weight excluding hydrogens is 397 g/mol. The fourth-order valence-corrected chi connectivity index (χ4v) is 3.99. The zero-order chi connectivity index (χ0) is 21.5. The summed E-state index contributed by atoms with van der Waals surface area (Å²) in [4.78, 5) is 15.6. The van der Waals surface area contributed by atoms with Crippen LogP contribution >= 0.6 is 0 Å². The number of amides is 1. The Kier molecular flexibility index (Phi) is 6.84. The van der Waals surface area contributed by atoms with Crippen LogP contribution in [-0.2, 0) is 11.3 Å². The molecule has 1 aromatic heterocycles. The van der Waals surface area contributed by atoms with Crippen LogP contribution in [0.1, 0.15) is 17.4 Å². The number of para-hydroxylation sites is 1. The first-order valence-electron chi connectivity index (χ1n) is 10.5. The highest BCUT2D eigenvalue weighted by molar-refractivity contribution is 5.67. The minimum atomic E-state index is -0.454. The number of hydrogen-bond donors (Lipinski definition) is 2. The van der Waals surface area contributed by atoms with Gasteiger partial charge in [-0.05, 0) is 29.8 Å². The van der Waals surface area contributed by atoms with Crippen molar-refractivity contribution in [3.05, 3.63) is 90.1 Å². The molecule has 1 fully saturated rings. The molecule has 0 unspecified atom stereocenters. The highest BCUT2D eigenvalue weighted by Gasteiger charge is 2.31. The Hall–Kier alpha value is -3.32. The summed E-state index contributed by atoms with van der Waals surface area (Å²) >= 11 is 0. The molecule has 0 spiro atoms. The quantitative estimate of drug-likeness (QED) is 0.613. The van der Waals surface area contributed by atoms with Gasteiger partial charge in [0.15, 0.2) is 11.8 Å². The van der Waals surface area contributed by atoms with Crippen molar-refractivity contribution >= 4 is 11.8 Å². The van der Waals surface area contributed by atoms with Gasteiger partial charge in [-0.15, -0.1) is 0 Å². The Morgan fingerprint density at radius 3 is 2.52 bits per heavy atom. The van der Waals surface area contributed by atoms with Gasteiger partial charge in [-0.2, -0.15) is 0 Å². The van der Waals surface area contributed by atoms with Crippen LogP contribution < -0.4 is 15.1 Å². The highest BCUT2D eigenvalue weighted by Crippen LogP contribution is 2.19. The average Bonchev–Trinajstić information content (AvgIpc) is 3.34. The molecule has 6 nitrogen and oxygen atoms in total. The number of carbonyl (C=O) groups excluding carboxylic acids is 1. The van der Waals surface area contributed by atoms with Crippen LogP contribution in [0.5, 0.6) is 0 Å². The van der Waals surface area contributed by atoms with Crippen molar-refractivity contribution in [3.63, 3.8) is 0 Å². The van der Waals surface area contributed by atoms with Crippen LogP contribution in [0.15, 0.2) is 77.4 Å². The number of furan rings is 1. The number of benzene rings is 2.